The van der Waals surface area contributed by atoms with Crippen molar-refractivity contribution in [1.82, 2.24) is 4.98 Å². The number of hydrogen-bond acceptors (Lipinski definition) is 4. The van der Waals surface area contributed by atoms with Gasteiger partial charge in [-0.1, -0.05) is 29.8 Å². The van der Waals surface area contributed by atoms with E-state index in [2.05, 4.69) is 4.98 Å². The molecule has 1 aromatic heterocycles. The van der Waals surface area contributed by atoms with Gasteiger partial charge in [-0.2, -0.15) is 0 Å². The SMILES string of the molecule is Cc1ccc(-c2nc3cc([N+](=O)[O-])ccc3s2)cc1.O.O.O.O.O.O.O.O.O.[Na+].[Na+].[S-2]. The fraction of sp³-hybridized carbons (Fsp3) is 0.0714. The Hall–Kier alpha value is -0.280. The van der Waals surface area contributed by atoms with Gasteiger partial charge in [0, 0.05) is 17.7 Å². The molecule has 3 aromatic rings. The van der Waals surface area contributed by atoms with E-state index in [9.17, 15) is 10.1 Å². The van der Waals surface area contributed by atoms with E-state index in [1.807, 2.05) is 31.2 Å². The number of hydrogen-bond donors (Lipinski definition) is 0. The molecule has 13 nitrogen and oxygen atoms in total. The van der Waals surface area contributed by atoms with Gasteiger partial charge in [0.15, 0.2) is 0 Å². The maximum absolute atomic E-state index is 10.7. The third-order valence-corrected chi connectivity index (χ3v) is 3.97. The fourth-order valence-corrected chi connectivity index (χ4v) is 2.80. The molecule has 0 spiro atoms. The number of non-ortho nitro benzene ring substituents is 1. The Morgan fingerprint density at radius 3 is 1.68 bits per heavy atom. The van der Waals surface area contributed by atoms with Crippen LogP contribution in [0.25, 0.3) is 20.8 Å². The van der Waals surface area contributed by atoms with Crippen molar-refractivity contribution in [3.05, 3.63) is 58.1 Å². The number of aromatic nitrogens is 1. The molecule has 0 saturated heterocycles. The summed E-state index contributed by atoms with van der Waals surface area (Å²) in [6.45, 7) is 2.03. The molecule has 1 heterocycles. The van der Waals surface area contributed by atoms with Gasteiger partial charge < -0.3 is 62.8 Å². The van der Waals surface area contributed by atoms with Gasteiger partial charge in [-0.3, -0.25) is 10.1 Å². The summed E-state index contributed by atoms with van der Waals surface area (Å²) in [6, 6.07) is 12.9. The van der Waals surface area contributed by atoms with Gasteiger partial charge in [0.25, 0.3) is 5.69 Å². The standard InChI is InChI=1S/C14H10N2O2S.2Na.9H2O.S/c1-9-2-4-10(5-3-9)14-15-12-8-11(16(17)18)6-7-13(12)19-14;;;;;;;;;;;;/h2-8H,1H3;;;9*1H2;/q;2*+1;;;;;;;;;;-2. The van der Waals surface area contributed by atoms with Crippen molar-refractivity contribution in [2.24, 2.45) is 0 Å². The van der Waals surface area contributed by atoms with Crippen LogP contribution >= 0.6 is 11.3 Å². The maximum Gasteiger partial charge on any atom is 1.00 e. The molecule has 31 heavy (non-hydrogen) atoms. The minimum atomic E-state index is -0.398. The summed E-state index contributed by atoms with van der Waals surface area (Å²) in [5.74, 6) is 0. The van der Waals surface area contributed by atoms with Crippen molar-refractivity contribution in [2.75, 3.05) is 0 Å². The molecule has 17 heteroatoms. The number of aryl methyl sites for hydroxylation is 1. The van der Waals surface area contributed by atoms with E-state index in [0.29, 0.717) is 5.52 Å². The maximum atomic E-state index is 10.7. The molecular formula is C14H28N2Na2O11S2. The summed E-state index contributed by atoms with van der Waals surface area (Å²) in [6.07, 6.45) is 0. The van der Waals surface area contributed by atoms with Crippen molar-refractivity contribution in [3.63, 3.8) is 0 Å². The van der Waals surface area contributed by atoms with Crippen molar-refractivity contribution in [1.29, 1.82) is 0 Å². The molecule has 0 saturated carbocycles. The van der Waals surface area contributed by atoms with E-state index in [-0.39, 0.29) is 128 Å². The van der Waals surface area contributed by atoms with Crippen LogP contribution in [0.2, 0.25) is 0 Å². The second-order valence-electron chi connectivity index (χ2n) is 4.29. The van der Waals surface area contributed by atoms with Gasteiger partial charge in [-0.25, -0.2) is 4.98 Å². The molecule has 0 aliphatic carbocycles. The minimum Gasteiger partial charge on any atom is -2.00 e. The number of rotatable bonds is 2. The Morgan fingerprint density at radius 1 is 0.806 bits per heavy atom. The van der Waals surface area contributed by atoms with Gasteiger partial charge >= 0.3 is 59.1 Å². The third-order valence-electron chi connectivity index (χ3n) is 2.88. The first kappa shape index (κ1) is 63.2. The molecule has 18 N–H and O–H groups in total. The van der Waals surface area contributed by atoms with Crippen LogP contribution in [-0.4, -0.2) is 59.2 Å². The molecule has 0 aliphatic heterocycles. The van der Waals surface area contributed by atoms with Crippen LogP contribution in [0.3, 0.4) is 0 Å². The topological polar surface area (TPSA) is 340 Å². The Bertz CT molecular complexity index is 796. The number of thiazole rings is 1. The van der Waals surface area contributed by atoms with Crippen molar-refractivity contribution in [2.45, 2.75) is 6.92 Å². The third kappa shape index (κ3) is 15.2. The predicted octanol–water partition coefficient (Wildman–Crippen LogP) is -9.24. The first-order valence-electron chi connectivity index (χ1n) is 5.75. The summed E-state index contributed by atoms with van der Waals surface area (Å²) in [5.41, 5.74) is 2.98. The molecular weight excluding hydrogens is 482 g/mol. The van der Waals surface area contributed by atoms with E-state index in [4.69, 9.17) is 0 Å². The molecule has 2 aromatic carbocycles. The van der Waals surface area contributed by atoms with E-state index >= 15 is 0 Å². The summed E-state index contributed by atoms with van der Waals surface area (Å²) >= 11 is 1.54. The van der Waals surface area contributed by atoms with Crippen LogP contribution in [0.5, 0.6) is 0 Å². The van der Waals surface area contributed by atoms with Gasteiger partial charge in [0.05, 0.1) is 15.1 Å². The van der Waals surface area contributed by atoms with Gasteiger partial charge in [0.2, 0.25) is 0 Å². The molecule has 0 radical (unpaired) electrons. The van der Waals surface area contributed by atoms with Crippen LogP contribution in [0.15, 0.2) is 42.5 Å². The Labute approximate surface area is 232 Å². The molecule has 0 amide bonds. The molecule has 3 rings (SSSR count). The zero-order valence-corrected chi connectivity index (χ0v) is 22.7. The summed E-state index contributed by atoms with van der Waals surface area (Å²) < 4.78 is 0.959. The van der Waals surface area contributed by atoms with Crippen LogP contribution in [0.1, 0.15) is 5.56 Å². The van der Waals surface area contributed by atoms with E-state index in [1.165, 1.54) is 17.7 Å². The second kappa shape index (κ2) is 27.8. The fourth-order valence-electron chi connectivity index (χ4n) is 1.85. The number of benzene rings is 2. The van der Waals surface area contributed by atoms with E-state index < -0.39 is 4.92 Å². The average Bonchev–Trinajstić information content (AvgIpc) is 2.82. The Kier molecular flexibility index (Phi) is 56.6. The molecule has 0 unspecified atom stereocenters. The first-order chi connectivity index (χ1) is 9.13. The van der Waals surface area contributed by atoms with Crippen molar-refractivity contribution < 1.29 is 113 Å². The summed E-state index contributed by atoms with van der Waals surface area (Å²) in [4.78, 5) is 14.8. The number of fused-ring (bicyclic) bond motifs is 1. The van der Waals surface area contributed by atoms with Crippen molar-refractivity contribution >= 4 is 40.7 Å². The van der Waals surface area contributed by atoms with Gasteiger partial charge in [-0.05, 0) is 13.0 Å². The summed E-state index contributed by atoms with van der Waals surface area (Å²) in [5, 5.41) is 11.6. The molecule has 0 bridgehead atoms. The number of nitrogens with zero attached hydrogens (tertiary/aromatic N) is 2. The zero-order valence-electron chi connectivity index (χ0n) is 17.1. The average molecular weight is 510 g/mol. The molecule has 174 valence electrons. The first-order valence-corrected chi connectivity index (χ1v) is 6.57. The van der Waals surface area contributed by atoms with Crippen molar-refractivity contribution in [3.8, 4) is 10.6 Å². The minimum absolute atomic E-state index is 0. The van der Waals surface area contributed by atoms with Crippen LogP contribution in [0, 0.1) is 17.0 Å². The van der Waals surface area contributed by atoms with Crippen LogP contribution in [0.4, 0.5) is 5.69 Å². The Balaban J connectivity index is -0.0000000459. The van der Waals surface area contributed by atoms with E-state index in [1.54, 1.807) is 17.4 Å². The quantitative estimate of drug-likeness (QED) is 0.184. The Morgan fingerprint density at radius 2 is 1.26 bits per heavy atom. The van der Waals surface area contributed by atoms with E-state index in [0.717, 1.165) is 15.3 Å². The van der Waals surface area contributed by atoms with Gasteiger partial charge in [-0.15, -0.1) is 11.3 Å². The monoisotopic (exact) mass is 510 g/mol. The smallest absolute Gasteiger partial charge is 1.00 e. The largest absolute Gasteiger partial charge is 2.00 e. The predicted molar refractivity (Wildman–Crippen MR) is 116 cm³/mol. The number of nitro groups is 1. The molecule has 0 fully saturated rings. The normalized spacial score (nSPS) is 6.61. The molecule has 0 atom stereocenters. The van der Waals surface area contributed by atoms with Gasteiger partial charge in [0.1, 0.15) is 5.01 Å². The van der Waals surface area contributed by atoms with Crippen LogP contribution < -0.4 is 59.1 Å². The second-order valence-corrected chi connectivity index (χ2v) is 5.32. The van der Waals surface area contributed by atoms with Crippen LogP contribution in [-0.2, 0) is 13.5 Å². The zero-order chi connectivity index (χ0) is 13.4. The summed E-state index contributed by atoms with van der Waals surface area (Å²) in [7, 11) is 0. The molecule has 0 aliphatic rings. The number of nitro benzene ring substituents is 1.